The maximum atomic E-state index is 12.1. The van der Waals surface area contributed by atoms with Gasteiger partial charge in [0, 0.05) is 10.2 Å². The number of hydrogen-bond donors (Lipinski definition) is 2. The van der Waals surface area contributed by atoms with Gasteiger partial charge < -0.3 is 10.1 Å². The third-order valence-electron chi connectivity index (χ3n) is 4.21. The quantitative estimate of drug-likeness (QED) is 0.432. The monoisotopic (exact) mass is 474 g/mol. The summed E-state index contributed by atoms with van der Waals surface area (Å²) in [6, 6.07) is 13.7. The lowest BCUT2D eigenvalue weighted by Crippen LogP contribution is -2.14. The van der Waals surface area contributed by atoms with Crippen LogP contribution in [0.3, 0.4) is 0 Å². The van der Waals surface area contributed by atoms with Gasteiger partial charge in [0.05, 0.1) is 5.75 Å². The Hall–Kier alpha value is -2.32. The molecule has 1 heterocycles. The molecule has 2 aromatic carbocycles. The minimum Gasteiger partial charge on any atom is -0.486 e. The molecule has 152 valence electrons. The summed E-state index contributed by atoms with van der Waals surface area (Å²) >= 11 is 4.72. The number of nitrogens with one attached hydrogen (secondary N) is 2. The molecule has 0 aliphatic heterocycles. The Balaban J connectivity index is 1.46. The molecule has 0 aliphatic carbocycles. The second-order valence-corrected chi connectivity index (χ2v) is 8.67. The van der Waals surface area contributed by atoms with Gasteiger partial charge in [-0.3, -0.25) is 9.89 Å². The predicted octanol–water partition coefficient (Wildman–Crippen LogP) is 5.31. The number of carbonyl (C=O) groups is 1. The maximum Gasteiger partial charge on any atom is 0.234 e. The molecule has 6 nitrogen and oxygen atoms in total. The van der Waals surface area contributed by atoms with Gasteiger partial charge in [0.2, 0.25) is 11.1 Å². The third-order valence-corrected chi connectivity index (χ3v) is 5.94. The first-order valence-corrected chi connectivity index (χ1v) is 11.0. The van der Waals surface area contributed by atoms with Crippen LogP contribution < -0.4 is 10.1 Å². The Labute approximate surface area is 183 Å². The van der Waals surface area contributed by atoms with Crippen LogP contribution in [0.2, 0.25) is 0 Å². The number of hydrogen-bond acceptors (Lipinski definition) is 5. The molecule has 0 unspecified atom stereocenters. The fourth-order valence-electron chi connectivity index (χ4n) is 2.56. The van der Waals surface area contributed by atoms with E-state index in [0.717, 1.165) is 21.5 Å². The number of rotatable bonds is 8. The Morgan fingerprint density at radius 1 is 1.24 bits per heavy atom. The SMILES string of the molecule is Cc1cc(NC(=O)CSc2n[nH]c(COc3ccc(C(C)C)cc3)n2)ccc1Br. The van der Waals surface area contributed by atoms with Crippen LogP contribution in [0.5, 0.6) is 5.75 Å². The molecular formula is C21H23BrN4O2S. The van der Waals surface area contributed by atoms with Crippen molar-refractivity contribution in [1.29, 1.82) is 0 Å². The minimum absolute atomic E-state index is 0.107. The molecule has 0 fully saturated rings. The average Bonchev–Trinajstić information content (AvgIpc) is 3.16. The number of carbonyl (C=O) groups excluding carboxylic acids is 1. The molecule has 0 atom stereocenters. The number of benzene rings is 2. The number of thioether (sulfide) groups is 1. The zero-order valence-corrected chi connectivity index (χ0v) is 18.9. The van der Waals surface area contributed by atoms with Crippen LogP contribution >= 0.6 is 27.7 Å². The lowest BCUT2D eigenvalue weighted by Gasteiger charge is -2.07. The number of aromatic nitrogens is 3. The van der Waals surface area contributed by atoms with E-state index in [1.807, 2.05) is 37.3 Å². The van der Waals surface area contributed by atoms with E-state index in [2.05, 4.69) is 62.4 Å². The van der Waals surface area contributed by atoms with Crippen LogP contribution in [0.15, 0.2) is 52.1 Å². The first kappa shape index (κ1) is 21.4. The molecule has 0 radical (unpaired) electrons. The smallest absolute Gasteiger partial charge is 0.234 e. The van der Waals surface area contributed by atoms with Gasteiger partial charge in [-0.05, 0) is 54.3 Å². The average molecular weight is 475 g/mol. The second-order valence-electron chi connectivity index (χ2n) is 6.88. The number of ether oxygens (including phenoxy) is 1. The summed E-state index contributed by atoms with van der Waals surface area (Å²) in [5.41, 5.74) is 3.10. The summed E-state index contributed by atoms with van der Waals surface area (Å²) in [4.78, 5) is 16.5. The Bertz CT molecular complexity index is 973. The van der Waals surface area contributed by atoms with E-state index in [0.29, 0.717) is 23.5 Å². The minimum atomic E-state index is -0.107. The Kier molecular flexibility index (Phi) is 7.33. The number of aromatic amines is 1. The van der Waals surface area contributed by atoms with E-state index in [9.17, 15) is 4.79 Å². The van der Waals surface area contributed by atoms with Crippen LogP contribution in [-0.4, -0.2) is 26.8 Å². The number of nitrogens with zero attached hydrogens (tertiary/aromatic N) is 2. The third kappa shape index (κ3) is 6.33. The predicted molar refractivity (Wildman–Crippen MR) is 119 cm³/mol. The fourth-order valence-corrected chi connectivity index (χ4v) is 3.42. The molecular weight excluding hydrogens is 452 g/mol. The molecule has 1 aromatic heterocycles. The zero-order chi connectivity index (χ0) is 20.8. The van der Waals surface area contributed by atoms with Crippen molar-refractivity contribution in [2.75, 3.05) is 11.1 Å². The molecule has 0 aliphatic rings. The fraction of sp³-hybridized carbons (Fsp3) is 0.286. The van der Waals surface area contributed by atoms with Crippen molar-refractivity contribution in [3.63, 3.8) is 0 Å². The van der Waals surface area contributed by atoms with Gasteiger partial charge in [0.1, 0.15) is 12.4 Å². The summed E-state index contributed by atoms with van der Waals surface area (Å²) in [6.07, 6.45) is 0. The summed E-state index contributed by atoms with van der Waals surface area (Å²) in [5.74, 6) is 2.00. The van der Waals surface area contributed by atoms with Gasteiger partial charge in [-0.25, -0.2) is 4.98 Å². The van der Waals surface area contributed by atoms with Crippen LogP contribution in [-0.2, 0) is 11.4 Å². The molecule has 0 saturated heterocycles. The van der Waals surface area contributed by atoms with Gasteiger partial charge in [-0.15, -0.1) is 5.10 Å². The van der Waals surface area contributed by atoms with Gasteiger partial charge in [0.15, 0.2) is 5.82 Å². The van der Waals surface area contributed by atoms with E-state index >= 15 is 0 Å². The normalized spacial score (nSPS) is 10.9. The first-order valence-electron chi connectivity index (χ1n) is 9.23. The van der Waals surface area contributed by atoms with Gasteiger partial charge in [-0.1, -0.05) is 53.7 Å². The molecule has 2 N–H and O–H groups in total. The van der Waals surface area contributed by atoms with Crippen molar-refractivity contribution in [3.05, 3.63) is 63.9 Å². The Morgan fingerprint density at radius 3 is 2.69 bits per heavy atom. The molecule has 0 spiro atoms. The van der Waals surface area contributed by atoms with Crippen molar-refractivity contribution >= 4 is 39.3 Å². The number of halogens is 1. The van der Waals surface area contributed by atoms with E-state index in [1.54, 1.807) is 0 Å². The molecule has 0 bridgehead atoms. The highest BCUT2D eigenvalue weighted by Gasteiger charge is 2.09. The molecule has 3 aromatic rings. The standard InChI is InChI=1S/C21H23BrN4O2S/c1-13(2)15-4-7-17(8-5-15)28-11-19-24-21(26-25-19)29-12-20(27)23-16-6-9-18(22)14(3)10-16/h4-10,13H,11-12H2,1-3H3,(H,23,27)(H,24,25,26). The van der Waals surface area contributed by atoms with Crippen LogP contribution in [0.25, 0.3) is 0 Å². The summed E-state index contributed by atoms with van der Waals surface area (Å²) < 4.78 is 6.75. The summed E-state index contributed by atoms with van der Waals surface area (Å²) in [7, 11) is 0. The van der Waals surface area contributed by atoms with Gasteiger partial charge in [0.25, 0.3) is 0 Å². The van der Waals surface area contributed by atoms with Gasteiger partial charge >= 0.3 is 0 Å². The van der Waals surface area contributed by atoms with Crippen molar-refractivity contribution in [2.45, 2.75) is 38.5 Å². The van der Waals surface area contributed by atoms with Crippen LogP contribution in [0, 0.1) is 6.92 Å². The molecule has 29 heavy (non-hydrogen) atoms. The lowest BCUT2D eigenvalue weighted by atomic mass is 10.0. The maximum absolute atomic E-state index is 12.1. The number of aryl methyl sites for hydroxylation is 1. The molecule has 1 amide bonds. The highest BCUT2D eigenvalue weighted by Crippen LogP contribution is 2.21. The summed E-state index contributed by atoms with van der Waals surface area (Å²) in [5, 5.41) is 10.4. The van der Waals surface area contributed by atoms with Crippen molar-refractivity contribution in [1.82, 2.24) is 15.2 Å². The van der Waals surface area contributed by atoms with Crippen molar-refractivity contribution < 1.29 is 9.53 Å². The zero-order valence-electron chi connectivity index (χ0n) is 16.5. The van der Waals surface area contributed by atoms with Crippen LogP contribution in [0.1, 0.15) is 36.7 Å². The van der Waals surface area contributed by atoms with Crippen molar-refractivity contribution in [2.24, 2.45) is 0 Å². The highest BCUT2D eigenvalue weighted by atomic mass is 79.9. The second kappa shape index (κ2) is 9.93. The highest BCUT2D eigenvalue weighted by molar-refractivity contribution is 9.10. The largest absolute Gasteiger partial charge is 0.486 e. The number of amides is 1. The Morgan fingerprint density at radius 2 is 2.00 bits per heavy atom. The number of H-pyrrole nitrogens is 1. The van der Waals surface area contributed by atoms with Crippen molar-refractivity contribution in [3.8, 4) is 5.75 Å². The van der Waals surface area contributed by atoms with Gasteiger partial charge in [-0.2, -0.15) is 0 Å². The van der Waals surface area contributed by atoms with E-state index in [-0.39, 0.29) is 11.7 Å². The van der Waals surface area contributed by atoms with E-state index < -0.39 is 0 Å². The van der Waals surface area contributed by atoms with E-state index in [4.69, 9.17) is 4.74 Å². The number of anilines is 1. The van der Waals surface area contributed by atoms with Crippen LogP contribution in [0.4, 0.5) is 5.69 Å². The molecule has 8 heteroatoms. The topological polar surface area (TPSA) is 79.9 Å². The first-order chi connectivity index (χ1) is 13.9. The summed E-state index contributed by atoms with van der Waals surface area (Å²) in [6.45, 7) is 6.58. The molecule has 3 rings (SSSR count). The lowest BCUT2D eigenvalue weighted by molar-refractivity contribution is -0.113. The van der Waals surface area contributed by atoms with E-state index in [1.165, 1.54) is 17.3 Å². The molecule has 0 saturated carbocycles.